The summed E-state index contributed by atoms with van der Waals surface area (Å²) in [5, 5.41) is 0.643. The number of piperazine rings is 1. The van der Waals surface area contributed by atoms with Crippen molar-refractivity contribution >= 4 is 29.2 Å². The summed E-state index contributed by atoms with van der Waals surface area (Å²) >= 11 is 5.88. The van der Waals surface area contributed by atoms with Gasteiger partial charge in [-0.05, 0) is 48.9 Å². The van der Waals surface area contributed by atoms with Gasteiger partial charge in [0.1, 0.15) is 5.75 Å². The van der Waals surface area contributed by atoms with E-state index in [4.69, 9.17) is 16.3 Å². The topological polar surface area (TPSA) is 66.9 Å². The van der Waals surface area contributed by atoms with E-state index in [2.05, 4.69) is 0 Å². The van der Waals surface area contributed by atoms with Crippen molar-refractivity contribution in [3.8, 4) is 5.75 Å². The Kier molecular flexibility index (Phi) is 8.06. The van der Waals surface area contributed by atoms with Crippen LogP contribution >= 0.6 is 11.6 Å². The average molecular weight is 443 g/mol. The van der Waals surface area contributed by atoms with Gasteiger partial charge in [-0.3, -0.25) is 14.4 Å². The summed E-state index contributed by atoms with van der Waals surface area (Å²) in [4.78, 5) is 40.9. The zero-order valence-corrected chi connectivity index (χ0v) is 18.4. The number of Topliss-reactive ketones (excluding diaryl/α,β-unsaturated/α-hetero) is 1. The molecule has 2 amide bonds. The fraction of sp³-hybridized carbons (Fsp3) is 0.375. The number of hydrogen-bond acceptors (Lipinski definition) is 4. The Balaban J connectivity index is 1.41. The maximum absolute atomic E-state index is 12.5. The van der Waals surface area contributed by atoms with Crippen LogP contribution in [0.4, 0.5) is 0 Å². The molecule has 0 bridgehead atoms. The van der Waals surface area contributed by atoms with Crippen LogP contribution in [0, 0.1) is 0 Å². The molecule has 0 spiro atoms. The lowest BCUT2D eigenvalue weighted by atomic mass is 10.1. The second-order valence-corrected chi connectivity index (χ2v) is 7.88. The maximum atomic E-state index is 12.5. The Bertz CT molecular complexity index is 904. The third-order valence-corrected chi connectivity index (χ3v) is 5.56. The summed E-state index contributed by atoms with van der Waals surface area (Å²) in [5.41, 5.74) is 1.49. The molecule has 3 rings (SSSR count). The molecular formula is C24H27ClN2O4. The van der Waals surface area contributed by atoms with Gasteiger partial charge in [0.05, 0.1) is 13.0 Å². The van der Waals surface area contributed by atoms with Gasteiger partial charge in [-0.15, -0.1) is 0 Å². The monoisotopic (exact) mass is 442 g/mol. The van der Waals surface area contributed by atoms with Crippen LogP contribution in [0.5, 0.6) is 5.75 Å². The van der Waals surface area contributed by atoms with Crippen molar-refractivity contribution in [2.75, 3.05) is 32.8 Å². The number of nitrogens with zero attached hydrogens (tertiary/aromatic N) is 2. The lowest BCUT2D eigenvalue weighted by molar-refractivity contribution is -0.139. The number of benzene rings is 2. The van der Waals surface area contributed by atoms with Crippen molar-refractivity contribution < 1.29 is 19.1 Å². The largest absolute Gasteiger partial charge is 0.494 e. The van der Waals surface area contributed by atoms with Crippen LogP contribution in [0.3, 0.4) is 0 Å². The predicted molar refractivity (Wildman–Crippen MR) is 119 cm³/mol. The Morgan fingerprint density at radius 1 is 0.839 bits per heavy atom. The summed E-state index contributed by atoms with van der Waals surface area (Å²) in [6.07, 6.45) is 0.662. The average Bonchev–Trinajstić information content (AvgIpc) is 2.79. The summed E-state index contributed by atoms with van der Waals surface area (Å²) in [5.74, 6) is 0.649. The molecule has 1 aliphatic heterocycles. The minimum Gasteiger partial charge on any atom is -0.494 e. The van der Waals surface area contributed by atoms with Crippen LogP contribution in [-0.2, 0) is 16.0 Å². The normalized spacial score (nSPS) is 13.7. The zero-order valence-electron chi connectivity index (χ0n) is 17.7. The van der Waals surface area contributed by atoms with Gasteiger partial charge >= 0.3 is 0 Å². The lowest BCUT2D eigenvalue weighted by Crippen LogP contribution is -2.51. The van der Waals surface area contributed by atoms with Gasteiger partial charge in [0, 0.05) is 49.6 Å². The quantitative estimate of drug-likeness (QED) is 0.586. The first-order chi connectivity index (χ1) is 15.0. The number of rotatable bonds is 8. The third kappa shape index (κ3) is 6.56. The molecule has 7 heteroatoms. The van der Waals surface area contributed by atoms with Gasteiger partial charge < -0.3 is 14.5 Å². The fourth-order valence-corrected chi connectivity index (χ4v) is 3.65. The standard InChI is InChI=1S/C24H27ClN2O4/c1-2-31-21-9-5-19(6-10-21)22(28)11-12-23(29)26-13-15-27(16-14-26)24(30)17-18-3-7-20(25)8-4-18/h3-10H,2,11-17H2,1H3. The predicted octanol–water partition coefficient (Wildman–Crippen LogP) is 3.62. The molecule has 0 radical (unpaired) electrons. The van der Waals surface area contributed by atoms with E-state index in [1.54, 1.807) is 46.2 Å². The van der Waals surface area contributed by atoms with Gasteiger partial charge in [-0.25, -0.2) is 0 Å². The van der Waals surface area contributed by atoms with Crippen LogP contribution < -0.4 is 4.74 Å². The van der Waals surface area contributed by atoms with Crippen molar-refractivity contribution in [3.63, 3.8) is 0 Å². The summed E-state index contributed by atoms with van der Waals surface area (Å²) in [6, 6.07) is 14.2. The SMILES string of the molecule is CCOc1ccc(C(=O)CCC(=O)N2CCN(C(=O)Cc3ccc(Cl)cc3)CC2)cc1. The van der Waals surface area contributed by atoms with E-state index in [-0.39, 0.29) is 30.4 Å². The molecule has 1 fully saturated rings. The minimum absolute atomic E-state index is 0.0418. The number of carbonyl (C=O) groups excluding carboxylic acids is 3. The molecule has 31 heavy (non-hydrogen) atoms. The van der Waals surface area contributed by atoms with Crippen molar-refractivity contribution in [2.45, 2.75) is 26.2 Å². The molecular weight excluding hydrogens is 416 g/mol. The molecule has 2 aromatic carbocycles. The van der Waals surface area contributed by atoms with Gasteiger partial charge in [0.2, 0.25) is 11.8 Å². The highest BCUT2D eigenvalue weighted by molar-refractivity contribution is 6.30. The molecule has 2 aromatic rings. The minimum atomic E-state index is -0.0619. The second kappa shape index (κ2) is 11.0. The van der Waals surface area contributed by atoms with Crippen LogP contribution in [0.2, 0.25) is 5.02 Å². The van der Waals surface area contributed by atoms with E-state index in [1.165, 1.54) is 0 Å². The van der Waals surface area contributed by atoms with E-state index >= 15 is 0 Å². The summed E-state index contributed by atoms with van der Waals surface area (Å²) in [7, 11) is 0. The molecule has 1 saturated heterocycles. The number of carbonyl (C=O) groups is 3. The van der Waals surface area contributed by atoms with Crippen LogP contribution in [0.15, 0.2) is 48.5 Å². The lowest BCUT2D eigenvalue weighted by Gasteiger charge is -2.35. The van der Waals surface area contributed by atoms with Crippen molar-refractivity contribution in [2.24, 2.45) is 0 Å². The molecule has 0 aromatic heterocycles. The molecule has 0 saturated carbocycles. The Hall–Kier alpha value is -2.86. The van der Waals surface area contributed by atoms with Gasteiger partial charge in [0.25, 0.3) is 0 Å². The number of hydrogen-bond donors (Lipinski definition) is 0. The second-order valence-electron chi connectivity index (χ2n) is 7.45. The van der Waals surface area contributed by atoms with Crippen molar-refractivity contribution in [3.05, 3.63) is 64.7 Å². The smallest absolute Gasteiger partial charge is 0.227 e. The van der Waals surface area contributed by atoms with E-state index in [1.807, 2.05) is 19.1 Å². The van der Waals surface area contributed by atoms with E-state index in [9.17, 15) is 14.4 Å². The summed E-state index contributed by atoms with van der Waals surface area (Å²) in [6.45, 7) is 4.46. The van der Waals surface area contributed by atoms with Crippen molar-refractivity contribution in [1.29, 1.82) is 0 Å². The number of halogens is 1. The molecule has 1 heterocycles. The van der Waals surface area contributed by atoms with Crippen LogP contribution in [0.1, 0.15) is 35.7 Å². The summed E-state index contributed by atoms with van der Waals surface area (Å²) < 4.78 is 5.38. The van der Waals surface area contributed by atoms with E-state index < -0.39 is 0 Å². The maximum Gasteiger partial charge on any atom is 0.227 e. The van der Waals surface area contributed by atoms with Crippen molar-refractivity contribution in [1.82, 2.24) is 9.80 Å². The van der Waals surface area contributed by atoms with Gasteiger partial charge in [-0.2, -0.15) is 0 Å². The molecule has 0 aliphatic carbocycles. The molecule has 0 atom stereocenters. The first-order valence-electron chi connectivity index (χ1n) is 10.5. The fourth-order valence-electron chi connectivity index (χ4n) is 3.52. The first-order valence-corrected chi connectivity index (χ1v) is 10.9. The molecule has 0 unspecified atom stereocenters. The molecule has 6 nitrogen and oxygen atoms in total. The number of amides is 2. The van der Waals surface area contributed by atoms with E-state index in [0.29, 0.717) is 49.8 Å². The first kappa shape index (κ1) is 22.8. The Morgan fingerprint density at radius 2 is 1.42 bits per heavy atom. The highest BCUT2D eigenvalue weighted by Crippen LogP contribution is 2.15. The highest BCUT2D eigenvalue weighted by Gasteiger charge is 2.24. The Morgan fingerprint density at radius 3 is 2.00 bits per heavy atom. The van der Waals surface area contributed by atoms with E-state index in [0.717, 1.165) is 11.3 Å². The van der Waals surface area contributed by atoms with Gasteiger partial charge in [-0.1, -0.05) is 23.7 Å². The number of ketones is 1. The van der Waals surface area contributed by atoms with Gasteiger partial charge in [0.15, 0.2) is 5.78 Å². The number of ether oxygens (including phenoxy) is 1. The highest BCUT2D eigenvalue weighted by atomic mass is 35.5. The zero-order chi connectivity index (χ0) is 22.2. The Labute approximate surface area is 187 Å². The van der Waals surface area contributed by atoms with Crippen LogP contribution in [0.25, 0.3) is 0 Å². The molecule has 164 valence electrons. The van der Waals surface area contributed by atoms with Crippen LogP contribution in [-0.4, -0.2) is 60.2 Å². The third-order valence-electron chi connectivity index (χ3n) is 5.31. The molecule has 1 aliphatic rings. The molecule has 0 N–H and O–H groups in total.